The first kappa shape index (κ1) is 12.7. The van der Waals surface area contributed by atoms with Crippen molar-refractivity contribution >= 4 is 27.3 Å². The summed E-state index contributed by atoms with van der Waals surface area (Å²) in [6.07, 6.45) is 0. The van der Waals surface area contributed by atoms with Gasteiger partial charge < -0.3 is 5.32 Å². The molecule has 2 rings (SSSR count). The monoisotopic (exact) mass is 313 g/mol. The lowest BCUT2D eigenvalue weighted by atomic mass is 10.1. The van der Waals surface area contributed by atoms with Crippen LogP contribution in [0.15, 0.2) is 40.2 Å². The fourth-order valence-corrected chi connectivity index (χ4v) is 3.08. The lowest BCUT2D eigenvalue weighted by Gasteiger charge is -2.14. The van der Waals surface area contributed by atoms with E-state index in [0.717, 1.165) is 11.0 Å². The van der Waals surface area contributed by atoms with Crippen LogP contribution in [0, 0.1) is 5.82 Å². The molecule has 0 bridgehead atoms. The van der Waals surface area contributed by atoms with E-state index in [-0.39, 0.29) is 11.9 Å². The Labute approximate surface area is 113 Å². The third-order valence-corrected chi connectivity index (χ3v) is 4.56. The highest BCUT2D eigenvalue weighted by atomic mass is 79.9. The van der Waals surface area contributed by atoms with Gasteiger partial charge in [0.2, 0.25) is 0 Å². The third-order valence-electron chi connectivity index (χ3n) is 2.63. The minimum atomic E-state index is -0.155. The lowest BCUT2D eigenvalue weighted by molar-refractivity contribution is 0.530. The summed E-state index contributed by atoms with van der Waals surface area (Å²) >= 11 is 5.17. The molecule has 2 aromatic rings. The zero-order chi connectivity index (χ0) is 12.3. The Bertz CT molecular complexity index is 498. The third kappa shape index (κ3) is 3.15. The predicted octanol–water partition coefficient (Wildman–Crippen LogP) is 4.50. The van der Waals surface area contributed by atoms with Crippen LogP contribution in [0.1, 0.15) is 23.4 Å². The van der Waals surface area contributed by atoms with Gasteiger partial charge in [-0.15, -0.1) is 11.3 Å². The van der Waals surface area contributed by atoms with E-state index in [1.807, 2.05) is 30.5 Å². The van der Waals surface area contributed by atoms with E-state index in [2.05, 4.69) is 21.2 Å². The summed E-state index contributed by atoms with van der Waals surface area (Å²) in [4.78, 5) is 1.23. The smallest absolute Gasteiger partial charge is 0.127 e. The SMILES string of the molecule is C[C@@H](NCc1sccc1Br)c1ccccc1F. The van der Waals surface area contributed by atoms with Crippen molar-refractivity contribution in [2.45, 2.75) is 19.5 Å². The first-order valence-electron chi connectivity index (χ1n) is 5.38. The zero-order valence-electron chi connectivity index (χ0n) is 9.41. The fraction of sp³-hybridized carbons (Fsp3) is 0.231. The molecule has 0 aliphatic rings. The standard InChI is InChI=1S/C13H13BrFNS/c1-9(10-4-2-3-5-12(10)15)16-8-13-11(14)6-7-17-13/h2-7,9,16H,8H2,1H3/t9-/m1/s1. The molecule has 1 nitrogen and oxygen atoms in total. The molecule has 0 fully saturated rings. The maximum absolute atomic E-state index is 13.5. The molecular weight excluding hydrogens is 301 g/mol. The minimum Gasteiger partial charge on any atom is -0.305 e. The van der Waals surface area contributed by atoms with Crippen molar-refractivity contribution in [1.29, 1.82) is 0 Å². The van der Waals surface area contributed by atoms with Crippen molar-refractivity contribution in [3.05, 3.63) is 56.4 Å². The van der Waals surface area contributed by atoms with Gasteiger partial charge in [-0.1, -0.05) is 18.2 Å². The van der Waals surface area contributed by atoms with Crippen LogP contribution in [0.2, 0.25) is 0 Å². The van der Waals surface area contributed by atoms with Gasteiger partial charge in [0.1, 0.15) is 5.82 Å². The van der Waals surface area contributed by atoms with Crippen LogP contribution in [-0.2, 0) is 6.54 Å². The van der Waals surface area contributed by atoms with Gasteiger partial charge in [0.25, 0.3) is 0 Å². The van der Waals surface area contributed by atoms with E-state index in [4.69, 9.17) is 0 Å². The van der Waals surface area contributed by atoms with Crippen molar-refractivity contribution in [3.63, 3.8) is 0 Å². The van der Waals surface area contributed by atoms with E-state index >= 15 is 0 Å². The molecule has 0 radical (unpaired) electrons. The average Bonchev–Trinajstić information content (AvgIpc) is 2.72. The van der Waals surface area contributed by atoms with Crippen molar-refractivity contribution in [2.24, 2.45) is 0 Å². The molecule has 17 heavy (non-hydrogen) atoms. The highest BCUT2D eigenvalue weighted by molar-refractivity contribution is 9.10. The van der Waals surface area contributed by atoms with Crippen LogP contribution in [0.3, 0.4) is 0 Å². The van der Waals surface area contributed by atoms with Gasteiger partial charge in [0.15, 0.2) is 0 Å². The Morgan fingerprint density at radius 3 is 2.76 bits per heavy atom. The first-order chi connectivity index (χ1) is 8.18. The molecule has 0 aliphatic heterocycles. The number of rotatable bonds is 4. The Morgan fingerprint density at radius 2 is 2.12 bits per heavy atom. The largest absolute Gasteiger partial charge is 0.305 e. The summed E-state index contributed by atoms with van der Waals surface area (Å²) in [5.41, 5.74) is 0.708. The second kappa shape index (κ2) is 5.76. The van der Waals surface area contributed by atoms with Gasteiger partial charge in [-0.3, -0.25) is 0 Å². The molecule has 0 saturated heterocycles. The number of halogens is 2. The summed E-state index contributed by atoms with van der Waals surface area (Å²) in [6, 6.07) is 8.91. The van der Waals surface area contributed by atoms with Crippen molar-refractivity contribution in [1.82, 2.24) is 5.32 Å². The van der Waals surface area contributed by atoms with Crippen LogP contribution in [0.25, 0.3) is 0 Å². The Kier molecular flexibility index (Phi) is 4.31. The summed E-state index contributed by atoms with van der Waals surface area (Å²) in [5.74, 6) is -0.155. The Hall–Kier alpha value is -0.710. The van der Waals surface area contributed by atoms with Crippen molar-refractivity contribution in [2.75, 3.05) is 0 Å². The van der Waals surface area contributed by atoms with Gasteiger partial charge in [-0.05, 0) is 40.4 Å². The number of nitrogens with one attached hydrogen (secondary N) is 1. The maximum atomic E-state index is 13.5. The molecule has 90 valence electrons. The summed E-state index contributed by atoms with van der Waals surface area (Å²) in [5, 5.41) is 5.36. The quantitative estimate of drug-likeness (QED) is 0.876. The molecule has 1 atom stereocenters. The van der Waals surface area contributed by atoms with E-state index in [1.165, 1.54) is 10.9 Å². The molecule has 0 spiro atoms. The second-order valence-corrected chi connectivity index (χ2v) is 5.67. The fourth-order valence-electron chi connectivity index (χ4n) is 1.63. The lowest BCUT2D eigenvalue weighted by Crippen LogP contribution is -2.18. The van der Waals surface area contributed by atoms with E-state index < -0.39 is 0 Å². The summed E-state index contributed by atoms with van der Waals surface area (Å²) in [7, 11) is 0. The van der Waals surface area contributed by atoms with Crippen LogP contribution < -0.4 is 5.32 Å². The molecule has 0 amide bonds. The van der Waals surface area contributed by atoms with Crippen molar-refractivity contribution in [3.8, 4) is 0 Å². The highest BCUT2D eigenvalue weighted by Crippen LogP contribution is 2.24. The van der Waals surface area contributed by atoms with E-state index in [1.54, 1.807) is 17.4 Å². The molecule has 1 N–H and O–H groups in total. The minimum absolute atomic E-state index is 0.00481. The van der Waals surface area contributed by atoms with E-state index in [9.17, 15) is 4.39 Å². The Balaban J connectivity index is 2.01. The van der Waals surface area contributed by atoms with Crippen LogP contribution in [0.5, 0.6) is 0 Å². The second-order valence-electron chi connectivity index (χ2n) is 3.82. The molecule has 0 saturated carbocycles. The average molecular weight is 314 g/mol. The Morgan fingerprint density at radius 1 is 1.35 bits per heavy atom. The molecule has 1 aromatic carbocycles. The van der Waals surface area contributed by atoms with Gasteiger partial charge in [0, 0.05) is 27.5 Å². The molecule has 1 aromatic heterocycles. The zero-order valence-corrected chi connectivity index (χ0v) is 11.8. The van der Waals surface area contributed by atoms with Gasteiger partial charge in [0.05, 0.1) is 0 Å². The first-order valence-corrected chi connectivity index (χ1v) is 7.05. The summed E-state index contributed by atoms with van der Waals surface area (Å²) in [6.45, 7) is 2.72. The number of thiophene rings is 1. The van der Waals surface area contributed by atoms with E-state index in [0.29, 0.717) is 5.56 Å². The van der Waals surface area contributed by atoms with Crippen molar-refractivity contribution < 1.29 is 4.39 Å². The van der Waals surface area contributed by atoms with Crippen LogP contribution in [-0.4, -0.2) is 0 Å². The summed E-state index contributed by atoms with van der Waals surface area (Å²) < 4.78 is 14.6. The molecule has 1 heterocycles. The van der Waals surface area contributed by atoms with Gasteiger partial charge in [-0.2, -0.15) is 0 Å². The molecule has 0 unspecified atom stereocenters. The van der Waals surface area contributed by atoms with Crippen LogP contribution >= 0.6 is 27.3 Å². The number of hydrogen-bond acceptors (Lipinski definition) is 2. The normalized spacial score (nSPS) is 12.6. The number of hydrogen-bond donors (Lipinski definition) is 1. The molecule has 0 aliphatic carbocycles. The molecular formula is C13H13BrFNS. The highest BCUT2D eigenvalue weighted by Gasteiger charge is 2.10. The molecule has 4 heteroatoms. The van der Waals surface area contributed by atoms with Crippen LogP contribution in [0.4, 0.5) is 4.39 Å². The number of benzene rings is 1. The van der Waals surface area contributed by atoms with Gasteiger partial charge in [-0.25, -0.2) is 4.39 Å². The van der Waals surface area contributed by atoms with Gasteiger partial charge >= 0.3 is 0 Å². The topological polar surface area (TPSA) is 12.0 Å². The maximum Gasteiger partial charge on any atom is 0.127 e. The predicted molar refractivity (Wildman–Crippen MR) is 73.7 cm³/mol.